The number of hydrogen-bond donors (Lipinski definition) is 0. The van der Waals surface area contributed by atoms with E-state index in [0.29, 0.717) is 5.56 Å². The van der Waals surface area contributed by atoms with Crippen molar-refractivity contribution in [2.75, 3.05) is 0 Å². The van der Waals surface area contributed by atoms with Gasteiger partial charge in [0.15, 0.2) is 0 Å². The van der Waals surface area contributed by atoms with Gasteiger partial charge in [-0.2, -0.15) is 0 Å². The highest BCUT2D eigenvalue weighted by molar-refractivity contribution is 5.75. The second-order valence-electron chi connectivity index (χ2n) is 5.34. The van der Waals surface area contributed by atoms with Crippen molar-refractivity contribution in [2.24, 2.45) is 0 Å². The second kappa shape index (κ2) is 5.49. The SMILES string of the molecule is Cc1ccc(C=O)cc1OC1CCCc2ccccc21. The largest absolute Gasteiger partial charge is 0.485 e. The Bertz CT molecular complexity index is 631. The minimum Gasteiger partial charge on any atom is -0.485 e. The van der Waals surface area contributed by atoms with Crippen LogP contribution in [0.2, 0.25) is 0 Å². The molecular weight excluding hydrogens is 248 g/mol. The van der Waals surface area contributed by atoms with E-state index in [1.807, 2.05) is 25.1 Å². The minimum absolute atomic E-state index is 0.0977. The zero-order chi connectivity index (χ0) is 13.9. The number of aldehydes is 1. The number of carbonyl (C=O) groups excluding carboxylic acids is 1. The third kappa shape index (κ3) is 2.46. The molecule has 2 nitrogen and oxygen atoms in total. The number of rotatable bonds is 3. The Morgan fingerprint density at radius 1 is 1.20 bits per heavy atom. The highest BCUT2D eigenvalue weighted by Crippen LogP contribution is 2.34. The van der Waals surface area contributed by atoms with Crippen molar-refractivity contribution in [3.8, 4) is 5.75 Å². The van der Waals surface area contributed by atoms with E-state index in [2.05, 4.69) is 24.3 Å². The maximum absolute atomic E-state index is 10.9. The van der Waals surface area contributed by atoms with Crippen molar-refractivity contribution >= 4 is 6.29 Å². The van der Waals surface area contributed by atoms with Gasteiger partial charge in [-0.05, 0) is 48.9 Å². The maximum atomic E-state index is 10.9. The molecular formula is C18H18O2. The average Bonchev–Trinajstić information content (AvgIpc) is 2.50. The molecule has 0 heterocycles. The predicted molar refractivity (Wildman–Crippen MR) is 79.3 cm³/mol. The summed E-state index contributed by atoms with van der Waals surface area (Å²) in [7, 11) is 0. The van der Waals surface area contributed by atoms with Crippen LogP contribution in [-0.4, -0.2) is 6.29 Å². The van der Waals surface area contributed by atoms with Gasteiger partial charge < -0.3 is 4.74 Å². The third-order valence-corrected chi connectivity index (χ3v) is 3.93. The molecule has 0 saturated carbocycles. The van der Waals surface area contributed by atoms with E-state index < -0.39 is 0 Å². The number of hydrogen-bond acceptors (Lipinski definition) is 2. The molecule has 2 aromatic carbocycles. The third-order valence-electron chi connectivity index (χ3n) is 3.93. The molecule has 0 spiro atoms. The first-order valence-electron chi connectivity index (χ1n) is 7.08. The van der Waals surface area contributed by atoms with Crippen LogP contribution < -0.4 is 4.74 Å². The first kappa shape index (κ1) is 12.9. The molecule has 2 heteroatoms. The zero-order valence-electron chi connectivity index (χ0n) is 11.6. The molecule has 3 rings (SSSR count). The molecule has 1 atom stereocenters. The van der Waals surface area contributed by atoms with Crippen molar-refractivity contribution < 1.29 is 9.53 Å². The molecule has 102 valence electrons. The Balaban J connectivity index is 1.91. The fraction of sp³-hybridized carbons (Fsp3) is 0.278. The van der Waals surface area contributed by atoms with Gasteiger partial charge in [0.1, 0.15) is 18.1 Å². The zero-order valence-corrected chi connectivity index (χ0v) is 11.6. The number of ether oxygens (including phenoxy) is 1. The number of benzene rings is 2. The van der Waals surface area contributed by atoms with E-state index in [1.165, 1.54) is 11.1 Å². The van der Waals surface area contributed by atoms with Gasteiger partial charge in [0, 0.05) is 5.56 Å². The van der Waals surface area contributed by atoms with E-state index in [0.717, 1.165) is 36.9 Å². The summed E-state index contributed by atoms with van der Waals surface area (Å²) in [6.07, 6.45) is 4.26. The molecule has 0 aliphatic heterocycles. The fourth-order valence-electron chi connectivity index (χ4n) is 2.80. The van der Waals surface area contributed by atoms with Crippen molar-refractivity contribution in [2.45, 2.75) is 32.3 Å². The van der Waals surface area contributed by atoms with Crippen molar-refractivity contribution in [3.05, 3.63) is 64.7 Å². The standard InChI is InChI=1S/C18H18O2/c1-13-9-10-14(12-19)11-18(13)20-17-8-4-6-15-5-2-3-7-16(15)17/h2-3,5,7,9-12,17H,4,6,8H2,1H3. The smallest absolute Gasteiger partial charge is 0.150 e. The maximum Gasteiger partial charge on any atom is 0.150 e. The number of aryl methyl sites for hydroxylation is 2. The molecule has 1 aliphatic rings. The Kier molecular flexibility index (Phi) is 3.55. The van der Waals surface area contributed by atoms with Crippen LogP contribution >= 0.6 is 0 Å². The summed E-state index contributed by atoms with van der Waals surface area (Å²) >= 11 is 0. The van der Waals surface area contributed by atoms with Gasteiger partial charge >= 0.3 is 0 Å². The molecule has 0 fully saturated rings. The summed E-state index contributed by atoms with van der Waals surface area (Å²) < 4.78 is 6.20. The Morgan fingerprint density at radius 2 is 2.05 bits per heavy atom. The molecule has 0 radical (unpaired) electrons. The summed E-state index contributed by atoms with van der Waals surface area (Å²) in [5, 5.41) is 0. The Labute approximate surface area is 119 Å². The van der Waals surface area contributed by atoms with Gasteiger partial charge in [-0.15, -0.1) is 0 Å². The van der Waals surface area contributed by atoms with Gasteiger partial charge in [-0.25, -0.2) is 0 Å². The molecule has 0 bridgehead atoms. The lowest BCUT2D eigenvalue weighted by atomic mass is 9.89. The molecule has 1 aliphatic carbocycles. The lowest BCUT2D eigenvalue weighted by Gasteiger charge is -2.27. The Morgan fingerprint density at radius 3 is 2.90 bits per heavy atom. The highest BCUT2D eigenvalue weighted by Gasteiger charge is 2.21. The highest BCUT2D eigenvalue weighted by atomic mass is 16.5. The van der Waals surface area contributed by atoms with Crippen LogP contribution in [-0.2, 0) is 6.42 Å². The van der Waals surface area contributed by atoms with E-state index >= 15 is 0 Å². The molecule has 2 aromatic rings. The lowest BCUT2D eigenvalue weighted by Crippen LogP contribution is -2.15. The summed E-state index contributed by atoms with van der Waals surface area (Å²) in [6, 6.07) is 14.1. The van der Waals surface area contributed by atoms with Gasteiger partial charge in [0.25, 0.3) is 0 Å². The van der Waals surface area contributed by atoms with Gasteiger partial charge in [0.2, 0.25) is 0 Å². The quantitative estimate of drug-likeness (QED) is 0.776. The predicted octanol–water partition coefficient (Wildman–Crippen LogP) is 4.26. The van der Waals surface area contributed by atoms with Crippen LogP contribution in [0.4, 0.5) is 0 Å². The van der Waals surface area contributed by atoms with E-state index in [9.17, 15) is 4.79 Å². The fourth-order valence-corrected chi connectivity index (χ4v) is 2.80. The monoisotopic (exact) mass is 266 g/mol. The van der Waals surface area contributed by atoms with Crippen LogP contribution in [0.3, 0.4) is 0 Å². The summed E-state index contributed by atoms with van der Waals surface area (Å²) in [6.45, 7) is 2.01. The molecule has 1 unspecified atom stereocenters. The van der Waals surface area contributed by atoms with Gasteiger partial charge in [-0.1, -0.05) is 36.4 Å². The number of fused-ring (bicyclic) bond motifs is 1. The topological polar surface area (TPSA) is 26.3 Å². The first-order valence-corrected chi connectivity index (χ1v) is 7.08. The molecule has 0 amide bonds. The van der Waals surface area contributed by atoms with Crippen molar-refractivity contribution in [1.29, 1.82) is 0 Å². The van der Waals surface area contributed by atoms with Crippen molar-refractivity contribution in [3.63, 3.8) is 0 Å². The molecule has 0 aromatic heterocycles. The van der Waals surface area contributed by atoms with Crippen LogP contribution in [0.5, 0.6) is 5.75 Å². The normalized spacial score (nSPS) is 17.4. The lowest BCUT2D eigenvalue weighted by molar-refractivity contribution is 0.112. The Hall–Kier alpha value is -2.09. The van der Waals surface area contributed by atoms with E-state index in [-0.39, 0.29) is 6.10 Å². The van der Waals surface area contributed by atoms with Crippen LogP contribution in [0.1, 0.15) is 46.0 Å². The summed E-state index contributed by atoms with van der Waals surface area (Å²) in [5.74, 6) is 0.816. The van der Waals surface area contributed by atoms with E-state index in [4.69, 9.17) is 4.74 Å². The molecule has 20 heavy (non-hydrogen) atoms. The van der Waals surface area contributed by atoms with E-state index in [1.54, 1.807) is 0 Å². The number of carbonyl (C=O) groups is 1. The van der Waals surface area contributed by atoms with Gasteiger partial charge in [-0.3, -0.25) is 4.79 Å². The summed E-state index contributed by atoms with van der Waals surface area (Å²) in [5.41, 5.74) is 4.40. The second-order valence-corrected chi connectivity index (χ2v) is 5.34. The van der Waals surface area contributed by atoms with Gasteiger partial charge in [0.05, 0.1) is 0 Å². The average molecular weight is 266 g/mol. The molecule has 0 N–H and O–H groups in total. The van der Waals surface area contributed by atoms with Crippen LogP contribution in [0.15, 0.2) is 42.5 Å². The van der Waals surface area contributed by atoms with Crippen molar-refractivity contribution in [1.82, 2.24) is 0 Å². The van der Waals surface area contributed by atoms with Crippen LogP contribution in [0.25, 0.3) is 0 Å². The van der Waals surface area contributed by atoms with Crippen LogP contribution in [0, 0.1) is 6.92 Å². The minimum atomic E-state index is 0.0977. The first-order chi connectivity index (χ1) is 9.78. The summed E-state index contributed by atoms with van der Waals surface area (Å²) in [4.78, 5) is 10.9. The molecule has 0 saturated heterocycles.